The van der Waals surface area contributed by atoms with Gasteiger partial charge in [0.15, 0.2) is 0 Å². The lowest BCUT2D eigenvalue weighted by atomic mass is 10.2. The van der Waals surface area contributed by atoms with Crippen LogP contribution in [0.2, 0.25) is 0 Å². The van der Waals surface area contributed by atoms with Crippen LogP contribution in [0, 0.1) is 12.3 Å². The topological polar surface area (TPSA) is 21.3 Å². The average molecular weight is 212 g/mol. The summed E-state index contributed by atoms with van der Waals surface area (Å²) in [6.07, 6.45) is 5.12. The summed E-state index contributed by atoms with van der Waals surface area (Å²) in [6.45, 7) is 1.33. The Morgan fingerprint density at radius 1 is 1.43 bits per heavy atom. The molecular weight excluding hydrogens is 198 g/mol. The summed E-state index contributed by atoms with van der Waals surface area (Å²) in [5, 5.41) is 3.11. The molecule has 0 fully saturated rings. The van der Waals surface area contributed by atoms with Gasteiger partial charge in [0.2, 0.25) is 0 Å². The molecule has 1 N–H and O–H groups in total. The Morgan fingerprint density at radius 3 is 2.79 bits per heavy atom. The lowest BCUT2D eigenvalue weighted by molar-refractivity contribution is 0.408. The van der Waals surface area contributed by atoms with E-state index >= 15 is 0 Å². The van der Waals surface area contributed by atoms with Gasteiger partial charge in [-0.2, -0.15) is 0 Å². The summed E-state index contributed by atoms with van der Waals surface area (Å²) in [6, 6.07) is 7.88. The van der Waals surface area contributed by atoms with Crippen molar-refractivity contribution in [3.05, 3.63) is 29.8 Å². The maximum absolute atomic E-state index is 5.18. The molecule has 1 aromatic rings. The van der Waals surface area contributed by atoms with E-state index in [1.807, 2.05) is 24.3 Å². The highest BCUT2D eigenvalue weighted by Crippen LogP contribution is 2.16. The van der Waals surface area contributed by atoms with Crippen LogP contribution < -0.4 is 10.1 Å². The lowest BCUT2D eigenvalue weighted by Gasteiger charge is -2.07. The first kappa shape index (κ1) is 12.8. The Morgan fingerprint density at radius 2 is 2.14 bits per heavy atom. The smallest absolute Gasteiger partial charge is 0.123 e. The molecule has 0 spiro atoms. The van der Waals surface area contributed by atoms with Gasteiger partial charge in [-0.15, -0.1) is 18.8 Å². The van der Waals surface area contributed by atoms with E-state index in [1.165, 1.54) is 0 Å². The van der Waals surface area contributed by atoms with Gasteiger partial charge < -0.3 is 10.1 Å². The number of hydrogen-bond donors (Lipinski definition) is 1. The molecule has 76 valence electrons. The van der Waals surface area contributed by atoms with Gasteiger partial charge in [0.05, 0.1) is 13.7 Å². The molecule has 3 heteroatoms. The Kier molecular flexibility index (Phi) is 6.65. The fraction of sp³-hybridized carbons (Fsp3) is 0.273. The van der Waals surface area contributed by atoms with Crippen molar-refractivity contribution in [1.29, 1.82) is 0 Å². The zero-order valence-corrected chi connectivity index (χ0v) is 8.93. The molecule has 0 atom stereocenters. The highest BCUT2D eigenvalue weighted by Gasteiger charge is 1.98. The Bertz CT molecular complexity index is 306. The van der Waals surface area contributed by atoms with Crippen molar-refractivity contribution in [1.82, 2.24) is 5.32 Å². The van der Waals surface area contributed by atoms with E-state index in [0.29, 0.717) is 6.54 Å². The van der Waals surface area contributed by atoms with E-state index in [4.69, 9.17) is 11.2 Å². The first-order chi connectivity index (χ1) is 6.38. The van der Waals surface area contributed by atoms with E-state index in [1.54, 1.807) is 7.11 Å². The molecule has 0 aliphatic carbocycles. The lowest BCUT2D eigenvalue weighted by Crippen LogP contribution is -2.13. The number of hydrogen-bond acceptors (Lipinski definition) is 2. The van der Waals surface area contributed by atoms with E-state index in [0.717, 1.165) is 17.9 Å². The zero-order valence-electron chi connectivity index (χ0n) is 8.12. The van der Waals surface area contributed by atoms with Crippen LogP contribution in [-0.4, -0.2) is 13.7 Å². The van der Waals surface area contributed by atoms with Crippen molar-refractivity contribution in [2.75, 3.05) is 13.7 Å². The van der Waals surface area contributed by atoms with Crippen molar-refractivity contribution >= 4 is 12.4 Å². The zero-order chi connectivity index (χ0) is 9.52. The van der Waals surface area contributed by atoms with Crippen molar-refractivity contribution < 1.29 is 4.74 Å². The van der Waals surface area contributed by atoms with Crippen LogP contribution in [0.15, 0.2) is 24.3 Å². The Hall–Kier alpha value is -1.17. The molecule has 0 saturated carbocycles. The van der Waals surface area contributed by atoms with Gasteiger partial charge in [-0.3, -0.25) is 0 Å². The number of ether oxygens (including phenoxy) is 1. The molecule has 14 heavy (non-hydrogen) atoms. The van der Waals surface area contributed by atoms with Crippen LogP contribution >= 0.6 is 12.4 Å². The highest BCUT2D eigenvalue weighted by atomic mass is 35.5. The second kappa shape index (κ2) is 7.25. The third-order valence-electron chi connectivity index (χ3n) is 1.74. The molecule has 0 aliphatic rings. The van der Waals surface area contributed by atoms with Crippen LogP contribution in [0.4, 0.5) is 0 Å². The first-order valence-electron chi connectivity index (χ1n) is 4.14. The number of methoxy groups -OCH3 is 1. The maximum Gasteiger partial charge on any atom is 0.123 e. The second-order valence-corrected chi connectivity index (χ2v) is 2.62. The summed E-state index contributed by atoms with van der Waals surface area (Å²) in [4.78, 5) is 0. The van der Waals surface area contributed by atoms with Crippen LogP contribution in [0.3, 0.4) is 0 Å². The van der Waals surface area contributed by atoms with E-state index < -0.39 is 0 Å². The minimum Gasteiger partial charge on any atom is -0.496 e. The molecule has 1 rings (SSSR count). The third kappa shape index (κ3) is 3.69. The Balaban J connectivity index is 0.00000169. The predicted octanol–water partition coefficient (Wildman–Crippen LogP) is 1.84. The highest BCUT2D eigenvalue weighted by molar-refractivity contribution is 5.85. The summed E-state index contributed by atoms with van der Waals surface area (Å²) in [5.74, 6) is 3.42. The molecule has 0 saturated heterocycles. The summed E-state index contributed by atoms with van der Waals surface area (Å²) < 4.78 is 5.18. The average Bonchev–Trinajstić information content (AvgIpc) is 2.19. The quantitative estimate of drug-likeness (QED) is 0.606. The van der Waals surface area contributed by atoms with Gasteiger partial charge in [-0.1, -0.05) is 24.1 Å². The monoisotopic (exact) mass is 211 g/mol. The standard InChI is InChI=1S/C11H13NO.ClH/c1-3-8-12-9-10-6-4-5-7-11(10)13-2;/h1,4-7,12H,8-9H2,2H3;1H. The number of benzene rings is 1. The third-order valence-corrected chi connectivity index (χ3v) is 1.74. The minimum absolute atomic E-state index is 0. The van der Waals surface area contributed by atoms with E-state index in [2.05, 4.69) is 11.2 Å². The van der Waals surface area contributed by atoms with Crippen molar-refractivity contribution in [2.45, 2.75) is 6.54 Å². The number of para-hydroxylation sites is 1. The molecule has 0 radical (unpaired) electrons. The maximum atomic E-state index is 5.18. The number of halogens is 1. The van der Waals surface area contributed by atoms with Crippen molar-refractivity contribution in [3.63, 3.8) is 0 Å². The fourth-order valence-electron chi connectivity index (χ4n) is 1.12. The molecule has 0 bridgehead atoms. The first-order valence-corrected chi connectivity index (χ1v) is 4.14. The van der Waals surface area contributed by atoms with Gasteiger partial charge in [0.25, 0.3) is 0 Å². The minimum atomic E-state index is 0. The fourth-order valence-corrected chi connectivity index (χ4v) is 1.12. The van der Waals surface area contributed by atoms with E-state index in [-0.39, 0.29) is 12.4 Å². The van der Waals surface area contributed by atoms with Crippen LogP contribution in [0.5, 0.6) is 5.75 Å². The molecule has 0 heterocycles. The number of rotatable bonds is 4. The number of terminal acetylenes is 1. The van der Waals surface area contributed by atoms with Gasteiger partial charge in [-0.25, -0.2) is 0 Å². The summed E-state index contributed by atoms with van der Waals surface area (Å²) in [5.41, 5.74) is 1.13. The molecule has 0 aliphatic heterocycles. The second-order valence-electron chi connectivity index (χ2n) is 2.62. The molecule has 0 amide bonds. The molecular formula is C11H14ClNO. The predicted molar refractivity (Wildman–Crippen MR) is 60.8 cm³/mol. The van der Waals surface area contributed by atoms with Gasteiger partial charge in [0, 0.05) is 12.1 Å². The summed E-state index contributed by atoms with van der Waals surface area (Å²) in [7, 11) is 1.67. The molecule has 2 nitrogen and oxygen atoms in total. The van der Waals surface area contributed by atoms with Crippen molar-refractivity contribution in [2.24, 2.45) is 0 Å². The number of nitrogens with one attached hydrogen (secondary N) is 1. The SMILES string of the molecule is C#CCNCc1ccccc1OC.Cl. The van der Waals surface area contributed by atoms with E-state index in [9.17, 15) is 0 Å². The van der Waals surface area contributed by atoms with Crippen molar-refractivity contribution in [3.8, 4) is 18.1 Å². The van der Waals surface area contributed by atoms with Crippen LogP contribution in [0.1, 0.15) is 5.56 Å². The largest absolute Gasteiger partial charge is 0.496 e. The Labute approximate surface area is 91.1 Å². The normalized spacial score (nSPS) is 8.57. The van der Waals surface area contributed by atoms with Crippen LogP contribution in [0.25, 0.3) is 0 Å². The van der Waals surface area contributed by atoms with Crippen LogP contribution in [-0.2, 0) is 6.54 Å². The van der Waals surface area contributed by atoms with Gasteiger partial charge in [-0.05, 0) is 6.07 Å². The summed E-state index contributed by atoms with van der Waals surface area (Å²) >= 11 is 0. The molecule has 1 aromatic carbocycles. The van der Waals surface area contributed by atoms with Gasteiger partial charge >= 0.3 is 0 Å². The molecule has 0 aromatic heterocycles. The molecule has 0 unspecified atom stereocenters. The van der Waals surface area contributed by atoms with Gasteiger partial charge in [0.1, 0.15) is 5.75 Å².